The quantitative estimate of drug-likeness (QED) is 0.862. The fraction of sp³-hybridized carbons (Fsp3) is 0.0667. The number of hydrogen-bond acceptors (Lipinski definition) is 3. The molecule has 0 aromatic heterocycles. The van der Waals surface area contributed by atoms with Crippen molar-refractivity contribution in [1.82, 2.24) is 0 Å². The molecule has 0 unspecified atom stereocenters. The SMILES string of the molecule is N#Cc1cccc(CSc2cccc(C(=O)O)c2)c1. The van der Waals surface area contributed by atoms with Crippen molar-refractivity contribution in [3.8, 4) is 6.07 Å². The predicted octanol–water partition coefficient (Wildman–Crippen LogP) is 3.55. The van der Waals surface area contributed by atoms with E-state index in [0.717, 1.165) is 10.5 Å². The maximum Gasteiger partial charge on any atom is 0.335 e. The number of benzene rings is 2. The summed E-state index contributed by atoms with van der Waals surface area (Å²) in [5.74, 6) is -0.215. The number of rotatable bonds is 4. The Hall–Kier alpha value is -2.25. The maximum atomic E-state index is 10.9. The summed E-state index contributed by atoms with van der Waals surface area (Å²) >= 11 is 1.55. The molecule has 0 aliphatic rings. The average molecular weight is 269 g/mol. The highest BCUT2D eigenvalue weighted by molar-refractivity contribution is 7.98. The number of carboxylic acids is 1. The monoisotopic (exact) mass is 269 g/mol. The van der Waals surface area contributed by atoms with Gasteiger partial charge >= 0.3 is 5.97 Å². The van der Waals surface area contributed by atoms with Gasteiger partial charge in [0, 0.05) is 10.6 Å². The lowest BCUT2D eigenvalue weighted by Crippen LogP contribution is -1.95. The Morgan fingerprint density at radius 1 is 1.21 bits per heavy atom. The molecule has 0 saturated heterocycles. The van der Waals surface area contributed by atoms with Gasteiger partial charge in [0.15, 0.2) is 0 Å². The van der Waals surface area contributed by atoms with Crippen LogP contribution in [0.1, 0.15) is 21.5 Å². The molecule has 2 aromatic rings. The van der Waals surface area contributed by atoms with E-state index in [4.69, 9.17) is 10.4 Å². The molecule has 0 saturated carbocycles. The van der Waals surface area contributed by atoms with Crippen LogP contribution in [-0.2, 0) is 5.75 Å². The molecule has 0 radical (unpaired) electrons. The summed E-state index contributed by atoms with van der Waals surface area (Å²) in [6.45, 7) is 0. The van der Waals surface area contributed by atoms with Crippen molar-refractivity contribution in [3.05, 3.63) is 65.2 Å². The first-order valence-corrected chi connectivity index (χ1v) is 6.63. The predicted molar refractivity (Wildman–Crippen MR) is 74.1 cm³/mol. The van der Waals surface area contributed by atoms with E-state index in [0.29, 0.717) is 11.3 Å². The number of carboxylic acid groups (broad SMARTS) is 1. The normalized spacial score (nSPS) is 9.84. The lowest BCUT2D eigenvalue weighted by molar-refractivity contribution is 0.0696. The zero-order valence-corrected chi connectivity index (χ0v) is 10.9. The summed E-state index contributed by atoms with van der Waals surface area (Å²) in [6, 6.07) is 16.3. The summed E-state index contributed by atoms with van der Waals surface area (Å²) in [5.41, 5.74) is 1.97. The van der Waals surface area contributed by atoms with Gasteiger partial charge in [0.25, 0.3) is 0 Å². The summed E-state index contributed by atoms with van der Waals surface area (Å²) in [4.78, 5) is 11.8. The molecular formula is C15H11NO2S. The first-order valence-electron chi connectivity index (χ1n) is 5.64. The Morgan fingerprint density at radius 2 is 2.00 bits per heavy atom. The van der Waals surface area contributed by atoms with Crippen molar-refractivity contribution in [1.29, 1.82) is 5.26 Å². The molecule has 0 aliphatic carbocycles. The number of thioether (sulfide) groups is 1. The number of nitriles is 1. The smallest absolute Gasteiger partial charge is 0.335 e. The topological polar surface area (TPSA) is 61.1 Å². The largest absolute Gasteiger partial charge is 0.478 e. The maximum absolute atomic E-state index is 10.9. The lowest BCUT2D eigenvalue weighted by Gasteiger charge is -2.03. The van der Waals surface area contributed by atoms with Crippen LogP contribution in [0.25, 0.3) is 0 Å². The van der Waals surface area contributed by atoms with Crippen LogP contribution in [0.2, 0.25) is 0 Å². The van der Waals surface area contributed by atoms with E-state index in [-0.39, 0.29) is 5.56 Å². The molecule has 4 heteroatoms. The average Bonchev–Trinajstić information content (AvgIpc) is 2.45. The lowest BCUT2D eigenvalue weighted by atomic mass is 10.2. The van der Waals surface area contributed by atoms with Crippen molar-refractivity contribution in [2.24, 2.45) is 0 Å². The Bertz CT molecular complexity index is 647. The summed E-state index contributed by atoms with van der Waals surface area (Å²) < 4.78 is 0. The molecule has 94 valence electrons. The van der Waals surface area contributed by atoms with Crippen molar-refractivity contribution >= 4 is 17.7 Å². The van der Waals surface area contributed by atoms with Crippen LogP contribution in [0.4, 0.5) is 0 Å². The van der Waals surface area contributed by atoms with Crippen molar-refractivity contribution < 1.29 is 9.90 Å². The first kappa shape index (κ1) is 13.2. The van der Waals surface area contributed by atoms with Gasteiger partial charge in [0.1, 0.15) is 0 Å². The molecule has 0 amide bonds. The Morgan fingerprint density at radius 3 is 2.74 bits per heavy atom. The molecule has 0 heterocycles. The first-order chi connectivity index (χ1) is 9.19. The van der Waals surface area contributed by atoms with Gasteiger partial charge in [-0.2, -0.15) is 5.26 Å². The third kappa shape index (κ3) is 3.60. The standard InChI is InChI=1S/C15H11NO2S/c16-9-11-3-1-4-12(7-11)10-19-14-6-2-5-13(8-14)15(17)18/h1-8H,10H2,(H,17,18). The molecule has 2 aromatic carbocycles. The number of nitrogens with zero attached hydrogens (tertiary/aromatic N) is 1. The fourth-order valence-electron chi connectivity index (χ4n) is 1.62. The van der Waals surface area contributed by atoms with E-state index in [2.05, 4.69) is 6.07 Å². The molecule has 3 nitrogen and oxygen atoms in total. The zero-order chi connectivity index (χ0) is 13.7. The van der Waals surface area contributed by atoms with Gasteiger partial charge in [-0.1, -0.05) is 18.2 Å². The highest BCUT2D eigenvalue weighted by Crippen LogP contribution is 2.24. The van der Waals surface area contributed by atoms with E-state index in [1.54, 1.807) is 36.0 Å². The summed E-state index contributed by atoms with van der Waals surface area (Å²) in [5, 5.41) is 17.7. The second-order valence-electron chi connectivity index (χ2n) is 3.93. The Labute approximate surface area is 115 Å². The van der Waals surface area contributed by atoms with Gasteiger partial charge in [-0.05, 0) is 35.9 Å². The molecule has 1 N–H and O–H groups in total. The molecule has 19 heavy (non-hydrogen) atoms. The van der Waals surface area contributed by atoms with Crippen LogP contribution < -0.4 is 0 Å². The van der Waals surface area contributed by atoms with Gasteiger partial charge in [-0.3, -0.25) is 0 Å². The third-order valence-corrected chi connectivity index (χ3v) is 3.61. The van der Waals surface area contributed by atoms with Gasteiger partial charge < -0.3 is 5.11 Å². The van der Waals surface area contributed by atoms with Crippen LogP contribution >= 0.6 is 11.8 Å². The molecule has 0 aliphatic heterocycles. The van der Waals surface area contributed by atoms with E-state index < -0.39 is 5.97 Å². The van der Waals surface area contributed by atoms with Crippen molar-refractivity contribution in [3.63, 3.8) is 0 Å². The molecule has 2 rings (SSSR count). The molecule has 0 spiro atoms. The minimum absolute atomic E-state index is 0.288. The molecule has 0 atom stereocenters. The molecule has 0 fully saturated rings. The van der Waals surface area contributed by atoms with E-state index >= 15 is 0 Å². The van der Waals surface area contributed by atoms with Gasteiger partial charge in [0.2, 0.25) is 0 Å². The van der Waals surface area contributed by atoms with Crippen molar-refractivity contribution in [2.45, 2.75) is 10.6 Å². The van der Waals surface area contributed by atoms with E-state index in [1.807, 2.05) is 24.3 Å². The van der Waals surface area contributed by atoms with Gasteiger partial charge in [-0.15, -0.1) is 11.8 Å². The molecular weight excluding hydrogens is 258 g/mol. The second kappa shape index (κ2) is 6.07. The Kier molecular flexibility index (Phi) is 4.22. The van der Waals surface area contributed by atoms with Crippen LogP contribution in [0.15, 0.2) is 53.4 Å². The Balaban J connectivity index is 2.08. The number of hydrogen-bond donors (Lipinski definition) is 1. The zero-order valence-electron chi connectivity index (χ0n) is 10.0. The fourth-order valence-corrected chi connectivity index (χ4v) is 2.51. The van der Waals surface area contributed by atoms with E-state index in [1.165, 1.54) is 0 Å². The summed E-state index contributed by atoms with van der Waals surface area (Å²) in [6.07, 6.45) is 0. The highest BCUT2D eigenvalue weighted by atomic mass is 32.2. The minimum atomic E-state index is -0.922. The third-order valence-electron chi connectivity index (χ3n) is 2.54. The van der Waals surface area contributed by atoms with Crippen LogP contribution in [-0.4, -0.2) is 11.1 Å². The van der Waals surface area contributed by atoms with Crippen LogP contribution in [0, 0.1) is 11.3 Å². The van der Waals surface area contributed by atoms with E-state index in [9.17, 15) is 4.79 Å². The summed E-state index contributed by atoms with van der Waals surface area (Å²) in [7, 11) is 0. The highest BCUT2D eigenvalue weighted by Gasteiger charge is 2.04. The second-order valence-corrected chi connectivity index (χ2v) is 4.98. The van der Waals surface area contributed by atoms with Gasteiger partial charge in [-0.25, -0.2) is 4.79 Å². The van der Waals surface area contributed by atoms with Gasteiger partial charge in [0.05, 0.1) is 17.2 Å². The number of carbonyl (C=O) groups is 1. The molecule has 0 bridgehead atoms. The number of aromatic carboxylic acids is 1. The minimum Gasteiger partial charge on any atom is -0.478 e. The van der Waals surface area contributed by atoms with Crippen molar-refractivity contribution in [2.75, 3.05) is 0 Å². The van der Waals surface area contributed by atoms with Crippen LogP contribution in [0.5, 0.6) is 0 Å². The van der Waals surface area contributed by atoms with Crippen LogP contribution in [0.3, 0.4) is 0 Å².